The van der Waals surface area contributed by atoms with Gasteiger partial charge in [-0.2, -0.15) is 5.10 Å². The van der Waals surface area contributed by atoms with Crippen LogP contribution in [0.25, 0.3) is 5.69 Å². The van der Waals surface area contributed by atoms with E-state index in [1.165, 1.54) is 41.1 Å². The van der Waals surface area contributed by atoms with Crippen LogP contribution >= 0.6 is 11.6 Å². The van der Waals surface area contributed by atoms with Gasteiger partial charge in [-0.1, -0.05) is 25.4 Å². The van der Waals surface area contributed by atoms with Gasteiger partial charge in [-0.3, -0.25) is 4.79 Å². The summed E-state index contributed by atoms with van der Waals surface area (Å²) in [5, 5.41) is 4.81. The second-order valence-corrected chi connectivity index (χ2v) is 10.9. The first kappa shape index (κ1) is 23.3. The Morgan fingerprint density at radius 2 is 1.97 bits per heavy atom. The molecular formula is C23H23ClFN3O4S. The summed E-state index contributed by atoms with van der Waals surface area (Å²) in [6.45, 7) is 4.80. The minimum atomic E-state index is -3.51. The van der Waals surface area contributed by atoms with E-state index in [1.54, 1.807) is 11.1 Å². The number of amides is 1. The van der Waals surface area contributed by atoms with Gasteiger partial charge in [0.25, 0.3) is 5.91 Å². The topological polar surface area (TPSA) is 81.5 Å². The molecule has 0 N–H and O–H groups in total. The molecule has 0 atom stereocenters. The number of hydrogen-bond donors (Lipinski definition) is 0. The number of carbonyl (C=O) groups is 1. The Kier molecular flexibility index (Phi) is 6.20. The average molecular weight is 492 g/mol. The zero-order valence-electron chi connectivity index (χ0n) is 18.4. The fourth-order valence-corrected chi connectivity index (χ4v) is 4.35. The van der Waals surface area contributed by atoms with Crippen molar-refractivity contribution in [3.63, 3.8) is 0 Å². The number of ether oxygens (including phenoxy) is 1. The highest BCUT2D eigenvalue weighted by molar-refractivity contribution is 7.90. The molecular weight excluding hydrogens is 469 g/mol. The number of aromatic nitrogens is 2. The van der Waals surface area contributed by atoms with E-state index in [4.69, 9.17) is 16.3 Å². The predicted octanol–water partition coefficient (Wildman–Crippen LogP) is 4.26. The molecule has 1 aliphatic heterocycles. The molecule has 7 nitrogen and oxygen atoms in total. The number of sulfone groups is 1. The summed E-state index contributed by atoms with van der Waals surface area (Å²) in [5.74, 6) is -0.265. The molecule has 10 heteroatoms. The first-order valence-corrected chi connectivity index (χ1v) is 12.6. The van der Waals surface area contributed by atoms with E-state index in [1.807, 2.05) is 13.8 Å². The molecule has 0 unspecified atom stereocenters. The number of carbonyl (C=O) groups excluding carboxylic acids is 1. The van der Waals surface area contributed by atoms with Crippen LogP contribution in [0.5, 0.6) is 5.75 Å². The van der Waals surface area contributed by atoms with E-state index in [9.17, 15) is 17.6 Å². The van der Waals surface area contributed by atoms with Crippen LogP contribution in [0.2, 0.25) is 5.02 Å². The SMILES string of the molecule is CC(C)COc1ccc(S(C)(=O)=O)cc1C(=O)N1Cc2cn(-c3cc(Cl)ccc3F)nc2C1. The highest BCUT2D eigenvalue weighted by Crippen LogP contribution is 2.30. The van der Waals surface area contributed by atoms with Gasteiger partial charge in [-0.25, -0.2) is 17.5 Å². The quantitative estimate of drug-likeness (QED) is 0.514. The second kappa shape index (κ2) is 8.79. The second-order valence-electron chi connectivity index (χ2n) is 8.44. The Bertz CT molecular complexity index is 1310. The molecule has 0 aliphatic carbocycles. The Labute approximate surface area is 196 Å². The summed E-state index contributed by atoms with van der Waals surface area (Å²) in [4.78, 5) is 14.9. The Balaban J connectivity index is 1.61. The van der Waals surface area contributed by atoms with Crippen LogP contribution in [-0.4, -0.2) is 41.9 Å². The van der Waals surface area contributed by atoms with Crippen molar-refractivity contribution in [2.75, 3.05) is 12.9 Å². The molecule has 4 rings (SSSR count). The third-order valence-corrected chi connectivity index (χ3v) is 6.55. The fourth-order valence-electron chi connectivity index (χ4n) is 3.54. The third-order valence-electron chi connectivity index (χ3n) is 5.20. The molecule has 174 valence electrons. The number of halogens is 2. The third kappa shape index (κ3) is 4.89. The first-order chi connectivity index (χ1) is 15.5. The average Bonchev–Trinajstić information content (AvgIpc) is 3.32. The van der Waals surface area contributed by atoms with Gasteiger partial charge in [-0.15, -0.1) is 0 Å². The van der Waals surface area contributed by atoms with Crippen molar-refractivity contribution in [2.24, 2.45) is 5.92 Å². The van der Waals surface area contributed by atoms with Crippen molar-refractivity contribution in [2.45, 2.75) is 31.8 Å². The minimum Gasteiger partial charge on any atom is -0.492 e. The van der Waals surface area contributed by atoms with Gasteiger partial charge >= 0.3 is 0 Å². The molecule has 2 heterocycles. The van der Waals surface area contributed by atoms with Crippen molar-refractivity contribution in [1.29, 1.82) is 0 Å². The number of nitrogens with zero attached hydrogens (tertiary/aromatic N) is 3. The van der Waals surface area contributed by atoms with Gasteiger partial charge in [0.05, 0.1) is 29.3 Å². The molecule has 0 bridgehead atoms. The molecule has 3 aromatic rings. The molecule has 33 heavy (non-hydrogen) atoms. The highest BCUT2D eigenvalue weighted by Gasteiger charge is 2.30. The van der Waals surface area contributed by atoms with Gasteiger partial charge in [0.1, 0.15) is 17.3 Å². The Morgan fingerprint density at radius 1 is 1.21 bits per heavy atom. The van der Waals surface area contributed by atoms with Gasteiger partial charge in [0, 0.05) is 29.6 Å². The maximum absolute atomic E-state index is 14.2. The van der Waals surface area contributed by atoms with Gasteiger partial charge < -0.3 is 9.64 Å². The fraction of sp³-hybridized carbons (Fsp3) is 0.304. The zero-order chi connectivity index (χ0) is 23.9. The van der Waals surface area contributed by atoms with E-state index in [2.05, 4.69) is 5.10 Å². The molecule has 0 saturated carbocycles. The maximum Gasteiger partial charge on any atom is 0.258 e. The van der Waals surface area contributed by atoms with E-state index in [0.29, 0.717) is 23.1 Å². The summed E-state index contributed by atoms with van der Waals surface area (Å²) >= 11 is 5.98. The molecule has 1 aliphatic rings. The van der Waals surface area contributed by atoms with Crippen LogP contribution in [0.4, 0.5) is 4.39 Å². The van der Waals surface area contributed by atoms with Crippen LogP contribution < -0.4 is 4.74 Å². The van der Waals surface area contributed by atoms with E-state index >= 15 is 0 Å². The lowest BCUT2D eigenvalue weighted by atomic mass is 10.1. The van der Waals surface area contributed by atoms with Crippen molar-refractivity contribution in [1.82, 2.24) is 14.7 Å². The Morgan fingerprint density at radius 3 is 2.64 bits per heavy atom. The van der Waals surface area contributed by atoms with Crippen LogP contribution in [-0.2, 0) is 22.9 Å². The van der Waals surface area contributed by atoms with Gasteiger partial charge in [-0.05, 0) is 42.3 Å². The van der Waals surface area contributed by atoms with Crippen molar-refractivity contribution in [3.8, 4) is 11.4 Å². The molecule has 0 fully saturated rings. The smallest absolute Gasteiger partial charge is 0.258 e. The lowest BCUT2D eigenvalue weighted by molar-refractivity contribution is 0.0743. The van der Waals surface area contributed by atoms with Crippen LogP contribution in [0.1, 0.15) is 35.5 Å². The lowest BCUT2D eigenvalue weighted by Gasteiger charge is -2.19. The van der Waals surface area contributed by atoms with E-state index in [-0.39, 0.29) is 41.1 Å². The summed E-state index contributed by atoms with van der Waals surface area (Å²) in [6.07, 6.45) is 2.76. The molecule has 0 radical (unpaired) electrons. The van der Waals surface area contributed by atoms with Crippen LogP contribution in [0.15, 0.2) is 47.5 Å². The van der Waals surface area contributed by atoms with E-state index < -0.39 is 15.7 Å². The summed E-state index contributed by atoms with van der Waals surface area (Å²) < 4.78 is 45.5. The van der Waals surface area contributed by atoms with E-state index in [0.717, 1.165) is 11.8 Å². The minimum absolute atomic E-state index is 0.0429. The molecule has 2 aromatic carbocycles. The monoisotopic (exact) mass is 491 g/mol. The van der Waals surface area contributed by atoms with Gasteiger partial charge in [0.15, 0.2) is 9.84 Å². The Hall–Kier alpha value is -2.91. The largest absolute Gasteiger partial charge is 0.492 e. The van der Waals surface area contributed by atoms with Crippen LogP contribution in [0, 0.1) is 11.7 Å². The molecule has 0 spiro atoms. The predicted molar refractivity (Wildman–Crippen MR) is 122 cm³/mol. The van der Waals surface area contributed by atoms with Gasteiger partial charge in [0.2, 0.25) is 0 Å². The summed E-state index contributed by atoms with van der Waals surface area (Å²) in [7, 11) is -3.51. The van der Waals surface area contributed by atoms with Crippen molar-refractivity contribution < 1.29 is 22.3 Å². The summed E-state index contributed by atoms with van der Waals surface area (Å²) in [6, 6.07) is 8.52. The maximum atomic E-state index is 14.2. The summed E-state index contributed by atoms with van der Waals surface area (Å²) in [5.41, 5.74) is 1.80. The van der Waals surface area contributed by atoms with Crippen molar-refractivity contribution in [3.05, 3.63) is 70.3 Å². The molecule has 1 aromatic heterocycles. The zero-order valence-corrected chi connectivity index (χ0v) is 20.0. The number of hydrogen-bond acceptors (Lipinski definition) is 5. The standard InChI is InChI=1S/C23H23ClFN3O4S/c1-14(2)13-32-22-7-5-17(33(3,30)31)9-18(22)23(29)27-10-15-11-28(26-20(15)12-27)21-8-16(24)4-6-19(21)25/h4-9,11,14H,10,12-13H2,1-3H3. The number of benzene rings is 2. The molecule has 0 saturated heterocycles. The highest BCUT2D eigenvalue weighted by atomic mass is 35.5. The number of fused-ring (bicyclic) bond motifs is 1. The lowest BCUT2D eigenvalue weighted by Crippen LogP contribution is -2.27. The van der Waals surface area contributed by atoms with Crippen LogP contribution in [0.3, 0.4) is 0 Å². The normalized spacial score (nSPS) is 13.5. The molecule has 1 amide bonds. The first-order valence-electron chi connectivity index (χ1n) is 10.3. The van der Waals surface area contributed by atoms with Crippen molar-refractivity contribution >= 4 is 27.3 Å². The number of rotatable bonds is 6.